The zero-order valence-corrected chi connectivity index (χ0v) is 12.2. The van der Waals surface area contributed by atoms with E-state index < -0.39 is 0 Å². The average molecular weight is 287 g/mol. The van der Waals surface area contributed by atoms with Crippen molar-refractivity contribution in [1.82, 2.24) is 0 Å². The number of aryl methyl sites for hydroxylation is 1. The number of hydrogen-bond donors (Lipinski definition) is 1. The predicted octanol–water partition coefficient (Wildman–Crippen LogP) is 2.26. The van der Waals surface area contributed by atoms with Gasteiger partial charge in [-0.15, -0.1) is 0 Å². The van der Waals surface area contributed by atoms with E-state index in [1.807, 2.05) is 17.0 Å². The molecule has 0 saturated carbocycles. The van der Waals surface area contributed by atoms with Crippen molar-refractivity contribution in [2.24, 2.45) is 0 Å². The van der Waals surface area contributed by atoms with Gasteiger partial charge in [-0.2, -0.15) is 0 Å². The number of carbonyl (C=O) groups excluding carboxylic acids is 2. The van der Waals surface area contributed by atoms with E-state index in [1.165, 1.54) is 0 Å². The van der Waals surface area contributed by atoms with Crippen molar-refractivity contribution >= 4 is 17.4 Å². The fourth-order valence-corrected chi connectivity index (χ4v) is 3.34. The number of amides is 1. The second-order valence-electron chi connectivity index (χ2n) is 5.90. The van der Waals surface area contributed by atoms with Crippen LogP contribution in [0.1, 0.15) is 53.6 Å². The molecule has 0 unspecified atom stereocenters. The van der Waals surface area contributed by atoms with Crippen molar-refractivity contribution in [2.45, 2.75) is 44.9 Å². The molecule has 1 N–H and O–H groups in total. The highest BCUT2D eigenvalue weighted by atomic mass is 16.3. The van der Waals surface area contributed by atoms with Crippen LogP contribution in [-0.2, 0) is 17.6 Å². The van der Waals surface area contributed by atoms with E-state index in [9.17, 15) is 9.59 Å². The maximum Gasteiger partial charge on any atom is 0.227 e. The second kappa shape index (κ2) is 5.98. The maximum atomic E-state index is 12.3. The molecule has 0 saturated heterocycles. The summed E-state index contributed by atoms with van der Waals surface area (Å²) in [5.41, 5.74) is 4.18. The highest BCUT2D eigenvalue weighted by molar-refractivity contribution is 6.02. The second-order valence-corrected chi connectivity index (χ2v) is 5.90. The van der Waals surface area contributed by atoms with Gasteiger partial charge in [0, 0.05) is 31.6 Å². The molecule has 4 nitrogen and oxygen atoms in total. The van der Waals surface area contributed by atoms with Gasteiger partial charge < -0.3 is 10.0 Å². The Labute approximate surface area is 124 Å². The number of benzene rings is 1. The molecule has 0 radical (unpaired) electrons. The number of unbranched alkanes of at least 4 members (excludes halogenated alkanes) is 2. The summed E-state index contributed by atoms with van der Waals surface area (Å²) < 4.78 is 0. The number of nitrogens with zero attached hydrogens (tertiary/aromatic N) is 1. The summed E-state index contributed by atoms with van der Waals surface area (Å²) in [7, 11) is 0. The minimum Gasteiger partial charge on any atom is -0.396 e. The van der Waals surface area contributed by atoms with Gasteiger partial charge in [-0.3, -0.25) is 9.59 Å². The molecule has 1 aromatic rings. The Morgan fingerprint density at radius 2 is 1.86 bits per heavy atom. The number of aliphatic hydroxyl groups is 1. The largest absolute Gasteiger partial charge is 0.396 e. The number of hydrogen-bond acceptors (Lipinski definition) is 3. The van der Waals surface area contributed by atoms with Crippen molar-refractivity contribution in [3.8, 4) is 0 Å². The van der Waals surface area contributed by atoms with Crippen molar-refractivity contribution < 1.29 is 14.7 Å². The monoisotopic (exact) mass is 287 g/mol. The number of Topliss-reactive ketones (excluding diaryl/α,β-unsaturated/α-hetero) is 1. The van der Waals surface area contributed by atoms with Crippen LogP contribution in [0.2, 0.25) is 0 Å². The molecule has 0 aliphatic carbocycles. The Bertz CT molecular complexity index is 580. The SMILES string of the molecule is O=C(CCCCCO)c1cc2c3c(c1)CCN3C(=O)CC2. The molecule has 2 aliphatic rings. The third kappa shape index (κ3) is 2.72. The van der Waals surface area contributed by atoms with Gasteiger partial charge in [-0.1, -0.05) is 6.42 Å². The maximum absolute atomic E-state index is 12.3. The molecular formula is C17H21NO3. The fraction of sp³-hybridized carbons (Fsp3) is 0.529. The van der Waals surface area contributed by atoms with Gasteiger partial charge in [-0.05, 0) is 48.9 Å². The summed E-state index contributed by atoms with van der Waals surface area (Å²) in [5.74, 6) is 0.395. The van der Waals surface area contributed by atoms with E-state index in [4.69, 9.17) is 5.11 Å². The third-order valence-electron chi connectivity index (χ3n) is 4.44. The molecule has 0 aromatic heterocycles. The highest BCUT2D eigenvalue weighted by Gasteiger charge is 2.31. The summed E-state index contributed by atoms with van der Waals surface area (Å²) in [6.07, 6.45) is 5.20. The van der Waals surface area contributed by atoms with E-state index in [0.29, 0.717) is 12.8 Å². The van der Waals surface area contributed by atoms with Crippen LogP contribution < -0.4 is 4.90 Å². The summed E-state index contributed by atoms with van der Waals surface area (Å²) in [4.78, 5) is 26.1. The van der Waals surface area contributed by atoms with Crippen LogP contribution in [0.5, 0.6) is 0 Å². The van der Waals surface area contributed by atoms with Crippen LogP contribution in [0, 0.1) is 0 Å². The Kier molecular flexibility index (Phi) is 4.06. The summed E-state index contributed by atoms with van der Waals surface area (Å²) in [6.45, 7) is 0.955. The lowest BCUT2D eigenvalue weighted by Gasteiger charge is -2.25. The molecule has 0 fully saturated rings. The van der Waals surface area contributed by atoms with E-state index in [0.717, 1.165) is 61.0 Å². The smallest absolute Gasteiger partial charge is 0.227 e. The Morgan fingerprint density at radius 3 is 2.62 bits per heavy atom. The molecule has 0 atom stereocenters. The quantitative estimate of drug-likeness (QED) is 0.645. The predicted molar refractivity (Wildman–Crippen MR) is 80.7 cm³/mol. The average Bonchev–Trinajstić information content (AvgIpc) is 2.92. The van der Waals surface area contributed by atoms with Crippen LogP contribution in [-0.4, -0.2) is 29.9 Å². The van der Waals surface area contributed by atoms with Crippen LogP contribution in [0.25, 0.3) is 0 Å². The van der Waals surface area contributed by atoms with E-state index in [2.05, 4.69) is 0 Å². The van der Waals surface area contributed by atoms with Gasteiger partial charge in [0.1, 0.15) is 0 Å². The summed E-state index contributed by atoms with van der Waals surface area (Å²) in [5, 5.41) is 8.76. The molecule has 2 aliphatic heterocycles. The van der Waals surface area contributed by atoms with Crippen LogP contribution in [0.4, 0.5) is 5.69 Å². The van der Waals surface area contributed by atoms with Crippen LogP contribution in [0.3, 0.4) is 0 Å². The normalized spacial score (nSPS) is 16.2. The van der Waals surface area contributed by atoms with E-state index >= 15 is 0 Å². The number of ketones is 1. The molecule has 1 aromatic carbocycles. The van der Waals surface area contributed by atoms with Crippen LogP contribution in [0.15, 0.2) is 12.1 Å². The number of aliphatic hydroxyl groups excluding tert-OH is 1. The number of rotatable bonds is 6. The number of carbonyl (C=O) groups is 2. The van der Waals surface area contributed by atoms with Gasteiger partial charge in [0.15, 0.2) is 5.78 Å². The van der Waals surface area contributed by atoms with Crippen LogP contribution >= 0.6 is 0 Å². The molecule has 2 heterocycles. The molecule has 0 bridgehead atoms. The molecular weight excluding hydrogens is 266 g/mol. The summed E-state index contributed by atoms with van der Waals surface area (Å²) in [6, 6.07) is 3.96. The van der Waals surface area contributed by atoms with Gasteiger partial charge in [-0.25, -0.2) is 0 Å². The zero-order valence-electron chi connectivity index (χ0n) is 12.2. The summed E-state index contributed by atoms with van der Waals surface area (Å²) >= 11 is 0. The first-order chi connectivity index (χ1) is 10.2. The molecule has 4 heteroatoms. The van der Waals surface area contributed by atoms with Crippen molar-refractivity contribution in [1.29, 1.82) is 0 Å². The van der Waals surface area contributed by atoms with Gasteiger partial charge in [0.2, 0.25) is 5.91 Å². The Balaban J connectivity index is 1.77. The van der Waals surface area contributed by atoms with Crippen molar-refractivity contribution in [3.63, 3.8) is 0 Å². The topological polar surface area (TPSA) is 57.6 Å². The minimum atomic E-state index is 0.183. The Hall–Kier alpha value is -1.68. The minimum absolute atomic E-state index is 0.183. The lowest BCUT2D eigenvalue weighted by molar-refractivity contribution is -0.118. The van der Waals surface area contributed by atoms with Crippen molar-refractivity contribution in [2.75, 3.05) is 18.1 Å². The van der Waals surface area contributed by atoms with Crippen molar-refractivity contribution in [3.05, 3.63) is 28.8 Å². The van der Waals surface area contributed by atoms with Gasteiger partial charge >= 0.3 is 0 Å². The van der Waals surface area contributed by atoms with Gasteiger partial charge in [0.05, 0.1) is 5.69 Å². The molecule has 21 heavy (non-hydrogen) atoms. The first-order valence-corrected chi connectivity index (χ1v) is 7.81. The van der Waals surface area contributed by atoms with E-state index in [1.54, 1.807) is 0 Å². The highest BCUT2D eigenvalue weighted by Crippen LogP contribution is 2.37. The fourth-order valence-electron chi connectivity index (χ4n) is 3.34. The lowest BCUT2D eigenvalue weighted by atomic mass is 9.94. The zero-order chi connectivity index (χ0) is 14.8. The lowest BCUT2D eigenvalue weighted by Crippen LogP contribution is -2.32. The third-order valence-corrected chi connectivity index (χ3v) is 4.44. The van der Waals surface area contributed by atoms with Gasteiger partial charge in [0.25, 0.3) is 0 Å². The molecule has 0 spiro atoms. The first-order valence-electron chi connectivity index (χ1n) is 7.81. The number of anilines is 1. The van der Waals surface area contributed by atoms with E-state index in [-0.39, 0.29) is 18.3 Å². The molecule has 3 rings (SSSR count). The standard InChI is InChI=1S/C17H21NO3/c19-9-3-1-2-4-15(20)14-10-12-5-6-16(21)18-8-7-13(11-14)17(12)18/h10-11,19H,1-9H2. The Morgan fingerprint density at radius 1 is 1.10 bits per heavy atom. The first kappa shape index (κ1) is 14.3. The molecule has 1 amide bonds. The molecule has 112 valence electrons.